The zero-order valence-electron chi connectivity index (χ0n) is 11.6. The molecule has 5 heteroatoms. The third-order valence-corrected chi connectivity index (χ3v) is 3.55. The summed E-state index contributed by atoms with van der Waals surface area (Å²) in [7, 11) is 0. The monoisotopic (exact) mass is 286 g/mol. The molecule has 20 heavy (non-hydrogen) atoms. The molecule has 3 rings (SSSR count). The lowest BCUT2D eigenvalue weighted by Gasteiger charge is -2.18. The SMILES string of the molecule is CC(C)(C)c1ccc(-c2nnc3cncc(Cl)n23)cc1. The number of benzene rings is 1. The molecule has 0 spiro atoms. The summed E-state index contributed by atoms with van der Waals surface area (Å²) in [5.74, 6) is 0.729. The lowest BCUT2D eigenvalue weighted by Crippen LogP contribution is -2.10. The molecule has 0 aliphatic rings. The Balaban J connectivity index is 2.12. The van der Waals surface area contributed by atoms with E-state index in [2.05, 4.69) is 48.1 Å². The van der Waals surface area contributed by atoms with Crippen LogP contribution in [0.15, 0.2) is 36.7 Å². The fourth-order valence-corrected chi connectivity index (χ4v) is 2.34. The fraction of sp³-hybridized carbons (Fsp3) is 0.267. The average Bonchev–Trinajstić information content (AvgIpc) is 2.83. The molecule has 0 aliphatic carbocycles. The summed E-state index contributed by atoms with van der Waals surface area (Å²) in [6, 6.07) is 8.33. The maximum Gasteiger partial charge on any atom is 0.180 e. The van der Waals surface area contributed by atoms with E-state index in [4.69, 9.17) is 11.6 Å². The summed E-state index contributed by atoms with van der Waals surface area (Å²) in [5, 5.41) is 8.80. The molecule has 0 saturated carbocycles. The first-order valence-electron chi connectivity index (χ1n) is 6.42. The number of hydrogen-bond acceptors (Lipinski definition) is 3. The lowest BCUT2D eigenvalue weighted by atomic mass is 9.87. The third-order valence-electron chi connectivity index (χ3n) is 3.28. The van der Waals surface area contributed by atoms with Gasteiger partial charge in [-0.15, -0.1) is 10.2 Å². The van der Waals surface area contributed by atoms with E-state index in [0.29, 0.717) is 10.8 Å². The standard InChI is InChI=1S/C15H15ClN4/c1-15(2,3)11-6-4-10(5-7-11)14-19-18-13-9-17-8-12(16)20(13)14/h4-9H,1-3H3. The minimum atomic E-state index is 0.132. The molecule has 102 valence electrons. The Morgan fingerprint density at radius 3 is 2.35 bits per heavy atom. The van der Waals surface area contributed by atoms with E-state index in [1.165, 1.54) is 5.56 Å². The van der Waals surface area contributed by atoms with Gasteiger partial charge in [0.25, 0.3) is 0 Å². The first-order valence-corrected chi connectivity index (χ1v) is 6.80. The van der Waals surface area contributed by atoms with Gasteiger partial charge in [-0.2, -0.15) is 0 Å². The van der Waals surface area contributed by atoms with Gasteiger partial charge in [0.05, 0.1) is 12.4 Å². The number of halogens is 1. The van der Waals surface area contributed by atoms with Crippen LogP contribution in [0, 0.1) is 0 Å². The summed E-state index contributed by atoms with van der Waals surface area (Å²) in [6.45, 7) is 6.57. The zero-order valence-corrected chi connectivity index (χ0v) is 12.4. The quantitative estimate of drug-likeness (QED) is 0.684. The third kappa shape index (κ3) is 2.16. The topological polar surface area (TPSA) is 43.1 Å². The van der Waals surface area contributed by atoms with E-state index in [9.17, 15) is 0 Å². The van der Waals surface area contributed by atoms with Gasteiger partial charge in [-0.3, -0.25) is 9.38 Å². The number of nitrogens with zero attached hydrogens (tertiary/aromatic N) is 4. The molecule has 0 atom stereocenters. The predicted octanol–water partition coefficient (Wildman–Crippen LogP) is 3.74. The van der Waals surface area contributed by atoms with Crippen molar-refractivity contribution < 1.29 is 0 Å². The van der Waals surface area contributed by atoms with Crippen LogP contribution in [0.1, 0.15) is 26.3 Å². The minimum Gasteiger partial charge on any atom is -0.262 e. The Morgan fingerprint density at radius 1 is 1.00 bits per heavy atom. The summed E-state index contributed by atoms with van der Waals surface area (Å²) in [5.41, 5.74) is 3.04. The van der Waals surface area contributed by atoms with Crippen LogP contribution in [-0.4, -0.2) is 19.6 Å². The van der Waals surface area contributed by atoms with Crippen LogP contribution in [-0.2, 0) is 5.41 Å². The maximum atomic E-state index is 6.18. The van der Waals surface area contributed by atoms with Gasteiger partial charge in [0.1, 0.15) is 5.15 Å². The normalized spacial score (nSPS) is 12.0. The van der Waals surface area contributed by atoms with E-state index in [1.54, 1.807) is 16.8 Å². The zero-order chi connectivity index (χ0) is 14.3. The summed E-state index contributed by atoms with van der Waals surface area (Å²) < 4.78 is 1.79. The van der Waals surface area contributed by atoms with Crippen molar-refractivity contribution in [1.29, 1.82) is 0 Å². The molecule has 0 fully saturated rings. The van der Waals surface area contributed by atoms with Crippen molar-refractivity contribution >= 4 is 17.2 Å². The molecular weight excluding hydrogens is 272 g/mol. The number of aromatic nitrogens is 4. The van der Waals surface area contributed by atoms with Gasteiger partial charge in [-0.25, -0.2) is 0 Å². The van der Waals surface area contributed by atoms with E-state index in [-0.39, 0.29) is 5.41 Å². The number of hydrogen-bond donors (Lipinski definition) is 0. The smallest absolute Gasteiger partial charge is 0.180 e. The molecule has 0 aliphatic heterocycles. The molecule has 0 radical (unpaired) electrons. The van der Waals surface area contributed by atoms with Gasteiger partial charge >= 0.3 is 0 Å². The molecule has 0 unspecified atom stereocenters. The molecule has 0 amide bonds. The van der Waals surface area contributed by atoms with Crippen LogP contribution in [0.2, 0.25) is 5.15 Å². The first kappa shape index (κ1) is 13.1. The molecule has 4 nitrogen and oxygen atoms in total. The van der Waals surface area contributed by atoms with Gasteiger partial charge in [-0.1, -0.05) is 56.6 Å². The van der Waals surface area contributed by atoms with Gasteiger partial charge < -0.3 is 0 Å². The minimum absolute atomic E-state index is 0.132. The van der Waals surface area contributed by atoms with Crippen molar-refractivity contribution in [3.63, 3.8) is 0 Å². The molecule has 2 aromatic heterocycles. The molecule has 0 bridgehead atoms. The van der Waals surface area contributed by atoms with Crippen LogP contribution in [0.25, 0.3) is 17.0 Å². The van der Waals surface area contributed by atoms with Crippen molar-refractivity contribution in [2.75, 3.05) is 0 Å². The second-order valence-electron chi connectivity index (χ2n) is 5.77. The summed E-state index contributed by atoms with van der Waals surface area (Å²) >= 11 is 6.18. The highest BCUT2D eigenvalue weighted by molar-refractivity contribution is 6.29. The molecule has 3 aromatic rings. The van der Waals surface area contributed by atoms with Crippen LogP contribution in [0.3, 0.4) is 0 Å². The molecule has 0 N–H and O–H groups in total. The maximum absolute atomic E-state index is 6.18. The van der Waals surface area contributed by atoms with Gasteiger partial charge in [-0.05, 0) is 11.0 Å². The highest BCUT2D eigenvalue weighted by Crippen LogP contribution is 2.26. The van der Waals surface area contributed by atoms with E-state index >= 15 is 0 Å². The van der Waals surface area contributed by atoms with Crippen LogP contribution in [0.5, 0.6) is 0 Å². The Hall–Kier alpha value is -1.94. The van der Waals surface area contributed by atoms with Gasteiger partial charge in [0.2, 0.25) is 0 Å². The van der Waals surface area contributed by atoms with Gasteiger partial charge in [0.15, 0.2) is 11.5 Å². The number of rotatable bonds is 1. The van der Waals surface area contributed by atoms with Crippen LogP contribution in [0.4, 0.5) is 0 Å². The van der Waals surface area contributed by atoms with Crippen molar-refractivity contribution in [3.8, 4) is 11.4 Å². The lowest BCUT2D eigenvalue weighted by molar-refractivity contribution is 0.590. The van der Waals surface area contributed by atoms with E-state index in [0.717, 1.165) is 11.4 Å². The van der Waals surface area contributed by atoms with Crippen molar-refractivity contribution in [1.82, 2.24) is 19.6 Å². The largest absolute Gasteiger partial charge is 0.262 e. The van der Waals surface area contributed by atoms with Crippen LogP contribution >= 0.6 is 11.6 Å². The highest BCUT2D eigenvalue weighted by Gasteiger charge is 2.15. The summed E-state index contributed by atoms with van der Waals surface area (Å²) in [6.07, 6.45) is 3.23. The fourth-order valence-electron chi connectivity index (χ4n) is 2.12. The molecule has 1 aromatic carbocycles. The Labute approximate surface area is 122 Å². The average molecular weight is 287 g/mol. The molecular formula is C15H15ClN4. The highest BCUT2D eigenvalue weighted by atomic mass is 35.5. The Kier molecular flexibility index (Phi) is 2.98. The Bertz CT molecular complexity index is 754. The van der Waals surface area contributed by atoms with Crippen LogP contribution < -0.4 is 0 Å². The Morgan fingerprint density at radius 2 is 1.70 bits per heavy atom. The summed E-state index contributed by atoms with van der Waals surface area (Å²) in [4.78, 5) is 4.01. The van der Waals surface area contributed by atoms with Crippen molar-refractivity contribution in [3.05, 3.63) is 47.4 Å². The number of fused-ring (bicyclic) bond motifs is 1. The predicted molar refractivity (Wildman–Crippen MR) is 79.9 cm³/mol. The van der Waals surface area contributed by atoms with Crippen molar-refractivity contribution in [2.45, 2.75) is 26.2 Å². The van der Waals surface area contributed by atoms with Crippen molar-refractivity contribution in [2.24, 2.45) is 0 Å². The van der Waals surface area contributed by atoms with Gasteiger partial charge in [0, 0.05) is 5.56 Å². The second kappa shape index (κ2) is 4.56. The second-order valence-corrected chi connectivity index (χ2v) is 6.16. The molecule has 0 saturated heterocycles. The molecule has 2 heterocycles. The van der Waals surface area contributed by atoms with E-state index < -0.39 is 0 Å². The van der Waals surface area contributed by atoms with E-state index in [1.807, 2.05) is 12.1 Å². The first-order chi connectivity index (χ1) is 9.47.